The molecule has 7 heteroatoms. The van der Waals surface area contributed by atoms with Gasteiger partial charge < -0.3 is 18.9 Å². The minimum absolute atomic E-state index is 0.208. The number of hydrogen-bond acceptors (Lipinski definition) is 5. The van der Waals surface area contributed by atoms with Crippen molar-refractivity contribution in [1.29, 1.82) is 0 Å². The first-order valence-electron chi connectivity index (χ1n) is 8.43. The third-order valence-corrected chi connectivity index (χ3v) is 4.87. The van der Waals surface area contributed by atoms with Crippen molar-refractivity contribution in [2.24, 2.45) is 7.05 Å². The van der Waals surface area contributed by atoms with Gasteiger partial charge in [-0.2, -0.15) is 0 Å². The highest BCUT2D eigenvalue weighted by atomic mass is 16.7. The molecule has 2 aliphatic rings. The van der Waals surface area contributed by atoms with Gasteiger partial charge in [0.15, 0.2) is 11.5 Å². The van der Waals surface area contributed by atoms with Crippen molar-refractivity contribution < 1.29 is 18.8 Å². The van der Waals surface area contributed by atoms with Gasteiger partial charge in [0, 0.05) is 33.0 Å². The number of nitrogens with zero attached hydrogens (tertiary/aromatic N) is 2. The first-order valence-corrected chi connectivity index (χ1v) is 8.43. The monoisotopic (exact) mass is 344 g/mol. The number of ether oxygens (including phenoxy) is 2. The lowest BCUT2D eigenvalue weighted by molar-refractivity contribution is -0.181. The molecule has 4 rings (SSSR count). The summed E-state index contributed by atoms with van der Waals surface area (Å²) in [6.07, 6.45) is 1.26. The van der Waals surface area contributed by atoms with E-state index in [-0.39, 0.29) is 11.6 Å². The van der Waals surface area contributed by atoms with E-state index in [4.69, 9.17) is 14.0 Å². The molecule has 2 aromatic rings. The van der Waals surface area contributed by atoms with E-state index >= 15 is 0 Å². The number of carbonyl (C=O) groups is 1. The average molecular weight is 344 g/mol. The summed E-state index contributed by atoms with van der Waals surface area (Å²) in [6.45, 7) is 2.24. The lowest BCUT2D eigenvalue weighted by Gasteiger charge is -2.37. The van der Waals surface area contributed by atoms with Gasteiger partial charge in [0.1, 0.15) is 5.56 Å². The van der Waals surface area contributed by atoms with E-state index in [1.54, 1.807) is 24.1 Å². The van der Waals surface area contributed by atoms with Crippen LogP contribution in [0.15, 0.2) is 39.6 Å². The number of aryl methyl sites for hydroxylation is 1. The van der Waals surface area contributed by atoms with E-state index < -0.39 is 11.4 Å². The zero-order valence-corrected chi connectivity index (χ0v) is 14.1. The number of hydrogen-bond donors (Lipinski definition) is 0. The molecule has 0 atom stereocenters. The zero-order chi connectivity index (χ0) is 17.4. The summed E-state index contributed by atoms with van der Waals surface area (Å²) < 4.78 is 17.8. The highest BCUT2D eigenvalue weighted by Crippen LogP contribution is 2.32. The Morgan fingerprint density at radius 3 is 2.36 bits per heavy atom. The van der Waals surface area contributed by atoms with E-state index in [2.05, 4.69) is 0 Å². The van der Waals surface area contributed by atoms with Crippen LogP contribution in [-0.4, -0.2) is 47.6 Å². The largest absolute Gasteiger partial charge is 0.366 e. The minimum Gasteiger partial charge on any atom is -0.347 e. The molecule has 0 radical (unpaired) electrons. The van der Waals surface area contributed by atoms with Gasteiger partial charge in [-0.25, -0.2) is 9.53 Å². The number of likely N-dealkylation sites (tertiary alicyclic amines) is 1. The quantitative estimate of drug-likeness (QED) is 0.828. The van der Waals surface area contributed by atoms with Crippen LogP contribution in [0.2, 0.25) is 0 Å². The Balaban J connectivity index is 1.62. The fraction of sp³-hybridized carbons (Fsp3) is 0.444. The van der Waals surface area contributed by atoms with Crippen molar-refractivity contribution >= 4 is 5.91 Å². The normalized spacial score (nSPS) is 19.5. The molecular formula is C18H20N2O5. The second kappa shape index (κ2) is 6.16. The Morgan fingerprint density at radius 1 is 1.08 bits per heavy atom. The molecule has 2 saturated heterocycles. The maximum atomic E-state index is 13.1. The van der Waals surface area contributed by atoms with Crippen LogP contribution in [0.1, 0.15) is 23.3 Å². The lowest BCUT2D eigenvalue weighted by Crippen LogP contribution is -2.47. The number of carbonyl (C=O) groups excluding carboxylic acids is 1. The third-order valence-electron chi connectivity index (χ3n) is 4.87. The van der Waals surface area contributed by atoms with Crippen LogP contribution in [0, 0.1) is 0 Å². The molecule has 1 aromatic carbocycles. The SMILES string of the molecule is Cn1oc(=O)c(-c2ccccc2)c1C(=O)N1CCC2(CC1)OCCO2. The highest BCUT2D eigenvalue weighted by Gasteiger charge is 2.41. The predicted octanol–water partition coefficient (Wildman–Crippen LogP) is 1.62. The molecule has 0 aliphatic carbocycles. The second-order valence-electron chi connectivity index (χ2n) is 6.37. The predicted molar refractivity (Wildman–Crippen MR) is 89.2 cm³/mol. The number of aromatic nitrogens is 1. The van der Waals surface area contributed by atoms with Gasteiger partial charge in [0.05, 0.1) is 13.2 Å². The summed E-state index contributed by atoms with van der Waals surface area (Å²) in [5.41, 5.74) is 0.756. The molecule has 0 saturated carbocycles. The van der Waals surface area contributed by atoms with Gasteiger partial charge in [-0.15, -0.1) is 0 Å². The Bertz CT molecular complexity index is 823. The van der Waals surface area contributed by atoms with Crippen molar-refractivity contribution in [2.75, 3.05) is 26.3 Å². The van der Waals surface area contributed by atoms with Gasteiger partial charge >= 0.3 is 5.63 Å². The second-order valence-corrected chi connectivity index (χ2v) is 6.37. The molecule has 7 nitrogen and oxygen atoms in total. The van der Waals surface area contributed by atoms with Gasteiger partial charge in [0.2, 0.25) is 0 Å². The van der Waals surface area contributed by atoms with Crippen LogP contribution < -0.4 is 5.63 Å². The van der Waals surface area contributed by atoms with E-state index in [9.17, 15) is 9.59 Å². The van der Waals surface area contributed by atoms with E-state index in [0.29, 0.717) is 50.3 Å². The summed E-state index contributed by atoms with van der Waals surface area (Å²) in [5.74, 6) is -0.749. The Morgan fingerprint density at radius 2 is 1.72 bits per heavy atom. The molecule has 0 unspecified atom stereocenters. The summed E-state index contributed by atoms with van der Waals surface area (Å²) in [5, 5.41) is 0. The first-order chi connectivity index (χ1) is 12.1. The molecule has 0 N–H and O–H groups in total. The van der Waals surface area contributed by atoms with Crippen molar-refractivity contribution in [2.45, 2.75) is 18.6 Å². The van der Waals surface area contributed by atoms with Gasteiger partial charge in [0.25, 0.3) is 5.91 Å². The molecule has 2 aliphatic heterocycles. The lowest BCUT2D eigenvalue weighted by atomic mass is 10.0. The van der Waals surface area contributed by atoms with Crippen LogP contribution in [0.3, 0.4) is 0 Å². The number of amides is 1. The topological polar surface area (TPSA) is 73.9 Å². The summed E-state index contributed by atoms with van der Waals surface area (Å²) >= 11 is 0. The Kier molecular flexibility index (Phi) is 3.97. The fourth-order valence-electron chi connectivity index (χ4n) is 3.56. The molecule has 1 spiro atoms. The van der Waals surface area contributed by atoms with Crippen molar-refractivity contribution in [3.05, 3.63) is 46.4 Å². The number of benzene rings is 1. The Hall–Kier alpha value is -2.38. The Labute approximate surface area is 144 Å². The van der Waals surface area contributed by atoms with E-state index in [1.165, 1.54) is 4.74 Å². The van der Waals surface area contributed by atoms with Crippen LogP contribution in [-0.2, 0) is 16.5 Å². The van der Waals surface area contributed by atoms with Crippen LogP contribution >= 0.6 is 0 Å². The molecule has 25 heavy (non-hydrogen) atoms. The molecule has 1 aromatic heterocycles. The zero-order valence-electron chi connectivity index (χ0n) is 14.1. The summed E-state index contributed by atoms with van der Waals surface area (Å²) in [4.78, 5) is 27.0. The van der Waals surface area contributed by atoms with Crippen molar-refractivity contribution in [1.82, 2.24) is 9.64 Å². The molecule has 132 valence electrons. The molecule has 2 fully saturated rings. The van der Waals surface area contributed by atoms with Crippen LogP contribution in [0.5, 0.6) is 0 Å². The molecule has 3 heterocycles. The first kappa shape index (κ1) is 16.1. The van der Waals surface area contributed by atoms with E-state index in [1.807, 2.05) is 18.2 Å². The number of rotatable bonds is 2. The third kappa shape index (κ3) is 2.79. The molecule has 0 bridgehead atoms. The van der Waals surface area contributed by atoms with Gasteiger partial charge in [-0.3, -0.25) is 4.79 Å². The van der Waals surface area contributed by atoms with Gasteiger partial charge in [-0.1, -0.05) is 30.3 Å². The summed E-state index contributed by atoms with van der Waals surface area (Å²) in [7, 11) is 1.58. The maximum Gasteiger partial charge on any atom is 0.366 e. The standard InChI is InChI=1S/C18H20N2O5/c1-19-15(14(17(22)25-19)13-5-3-2-4-6-13)16(21)20-9-7-18(8-10-20)23-11-12-24-18/h2-6H,7-12H2,1H3. The van der Waals surface area contributed by atoms with Crippen molar-refractivity contribution in [3.8, 4) is 11.1 Å². The highest BCUT2D eigenvalue weighted by molar-refractivity contribution is 5.99. The maximum absolute atomic E-state index is 13.1. The van der Waals surface area contributed by atoms with Crippen LogP contribution in [0.4, 0.5) is 0 Å². The molecular weight excluding hydrogens is 324 g/mol. The smallest absolute Gasteiger partial charge is 0.347 e. The minimum atomic E-state index is -0.540. The molecule has 1 amide bonds. The van der Waals surface area contributed by atoms with E-state index in [0.717, 1.165) is 0 Å². The number of piperidine rings is 1. The van der Waals surface area contributed by atoms with Crippen molar-refractivity contribution in [3.63, 3.8) is 0 Å². The fourth-order valence-corrected chi connectivity index (χ4v) is 3.56. The van der Waals surface area contributed by atoms with Gasteiger partial charge in [-0.05, 0) is 5.56 Å². The average Bonchev–Trinajstić information content (AvgIpc) is 3.19. The van der Waals surface area contributed by atoms with Crippen LogP contribution in [0.25, 0.3) is 11.1 Å². The summed E-state index contributed by atoms with van der Waals surface area (Å²) in [6, 6.07) is 9.12.